The molecule has 4 aromatic rings. The number of aryl methyl sites for hydroxylation is 2. The van der Waals surface area contributed by atoms with Crippen LogP contribution in [-0.2, 0) is 7.05 Å². The number of aromatic amines is 1. The first-order chi connectivity index (χ1) is 11.5. The van der Waals surface area contributed by atoms with Gasteiger partial charge in [0.2, 0.25) is 0 Å². The van der Waals surface area contributed by atoms with Gasteiger partial charge in [0.25, 0.3) is 0 Å². The summed E-state index contributed by atoms with van der Waals surface area (Å²) in [6.45, 7) is 1.90. The number of carbonyl (C=O) groups is 1. The van der Waals surface area contributed by atoms with Crippen LogP contribution >= 0.6 is 0 Å². The number of rotatable bonds is 3. The molecule has 0 aliphatic rings. The summed E-state index contributed by atoms with van der Waals surface area (Å²) in [5.74, 6) is 0.138. The van der Waals surface area contributed by atoms with Crippen LogP contribution in [-0.4, -0.2) is 36.0 Å². The molecule has 0 spiro atoms. The van der Waals surface area contributed by atoms with Crippen LogP contribution in [0.25, 0.3) is 21.9 Å². The Hall–Kier alpha value is -3.42. The van der Waals surface area contributed by atoms with Gasteiger partial charge in [-0.15, -0.1) is 0 Å². The van der Waals surface area contributed by atoms with Gasteiger partial charge in [-0.05, 0) is 25.1 Å². The van der Waals surface area contributed by atoms with Gasteiger partial charge in [-0.2, -0.15) is 10.2 Å². The van der Waals surface area contributed by atoms with Crippen LogP contribution in [0.1, 0.15) is 16.2 Å². The zero-order chi connectivity index (χ0) is 16.8. The van der Waals surface area contributed by atoms with Crippen molar-refractivity contribution in [3.05, 3.63) is 41.9 Å². The quantitative estimate of drug-likeness (QED) is 0.600. The number of pyridine rings is 1. The zero-order valence-electron chi connectivity index (χ0n) is 12.9. The largest absolute Gasteiger partial charge is 0.476 e. The van der Waals surface area contributed by atoms with Crippen LogP contribution in [0.15, 0.2) is 30.5 Å². The number of H-pyrrole nitrogens is 1. The molecule has 0 atom stereocenters. The molecule has 0 radical (unpaired) electrons. The molecular weight excluding hydrogens is 310 g/mol. The third kappa shape index (κ3) is 2.08. The number of aromatic carboxylic acids is 1. The van der Waals surface area contributed by atoms with Gasteiger partial charge in [-0.3, -0.25) is 9.78 Å². The van der Waals surface area contributed by atoms with Crippen molar-refractivity contribution in [3.8, 4) is 11.5 Å². The Bertz CT molecular complexity index is 1100. The summed E-state index contributed by atoms with van der Waals surface area (Å²) < 4.78 is 7.68. The fourth-order valence-corrected chi connectivity index (χ4v) is 2.78. The summed E-state index contributed by atoms with van der Waals surface area (Å²) >= 11 is 0. The summed E-state index contributed by atoms with van der Waals surface area (Å²) in [6, 6.07) is 6.87. The van der Waals surface area contributed by atoms with Crippen LogP contribution in [0.2, 0.25) is 0 Å². The SMILES string of the molecule is Cc1nn(C)c2nccc(Oc3ccc4c(C(=O)O)n[nH]c4c3)c12. The van der Waals surface area contributed by atoms with E-state index in [1.807, 2.05) is 14.0 Å². The molecule has 0 aliphatic heterocycles. The molecule has 0 saturated heterocycles. The maximum Gasteiger partial charge on any atom is 0.357 e. The average molecular weight is 323 g/mol. The van der Waals surface area contributed by atoms with Gasteiger partial charge < -0.3 is 9.84 Å². The molecule has 3 heterocycles. The number of aromatic nitrogens is 5. The highest BCUT2D eigenvalue weighted by Crippen LogP contribution is 2.32. The van der Waals surface area contributed by atoms with Crippen LogP contribution in [0, 0.1) is 6.92 Å². The molecule has 24 heavy (non-hydrogen) atoms. The van der Waals surface area contributed by atoms with Crippen LogP contribution < -0.4 is 4.74 Å². The summed E-state index contributed by atoms with van der Waals surface area (Å²) in [5, 5.41) is 21.3. The molecule has 3 aromatic heterocycles. The van der Waals surface area contributed by atoms with Crippen molar-refractivity contribution in [2.45, 2.75) is 6.92 Å². The van der Waals surface area contributed by atoms with Crippen LogP contribution in [0.4, 0.5) is 0 Å². The summed E-state index contributed by atoms with van der Waals surface area (Å²) in [7, 11) is 1.83. The fourth-order valence-electron chi connectivity index (χ4n) is 2.78. The van der Waals surface area contributed by atoms with E-state index in [2.05, 4.69) is 20.3 Å². The van der Waals surface area contributed by atoms with Crippen LogP contribution in [0.3, 0.4) is 0 Å². The van der Waals surface area contributed by atoms with Gasteiger partial charge in [-0.25, -0.2) is 9.78 Å². The molecule has 2 N–H and O–H groups in total. The minimum atomic E-state index is -1.07. The predicted molar refractivity (Wildman–Crippen MR) is 86.4 cm³/mol. The van der Waals surface area contributed by atoms with Crippen molar-refractivity contribution < 1.29 is 14.6 Å². The molecule has 1 aromatic carbocycles. The van der Waals surface area contributed by atoms with Gasteiger partial charge in [0.15, 0.2) is 11.3 Å². The first-order valence-corrected chi connectivity index (χ1v) is 7.22. The van der Waals surface area contributed by atoms with E-state index in [1.165, 1.54) is 0 Å². The molecule has 0 amide bonds. The summed E-state index contributed by atoms with van der Waals surface area (Å²) in [4.78, 5) is 15.4. The number of ether oxygens (including phenoxy) is 1. The smallest absolute Gasteiger partial charge is 0.357 e. The standard InChI is InChI=1S/C16H13N5O3/c1-8-13-12(5-6-17-15(13)21(2)20-8)24-9-3-4-10-11(7-9)18-19-14(10)16(22)23/h3-7H,1-2H3,(H,18,19)(H,22,23). The molecule has 0 unspecified atom stereocenters. The van der Waals surface area contributed by atoms with E-state index in [0.717, 1.165) is 16.7 Å². The Kier molecular flexibility index (Phi) is 2.99. The van der Waals surface area contributed by atoms with E-state index in [0.29, 0.717) is 22.4 Å². The molecule has 0 fully saturated rings. The number of benzene rings is 1. The van der Waals surface area contributed by atoms with Gasteiger partial charge in [-0.1, -0.05) is 0 Å². The van der Waals surface area contributed by atoms with E-state index >= 15 is 0 Å². The number of carboxylic acids is 1. The molecule has 0 aliphatic carbocycles. The van der Waals surface area contributed by atoms with Crippen molar-refractivity contribution in [1.82, 2.24) is 25.0 Å². The van der Waals surface area contributed by atoms with Gasteiger partial charge >= 0.3 is 5.97 Å². The Morgan fingerprint density at radius 3 is 2.96 bits per heavy atom. The maximum absolute atomic E-state index is 11.1. The number of hydrogen-bond donors (Lipinski definition) is 2. The monoisotopic (exact) mass is 323 g/mol. The number of hydrogen-bond acceptors (Lipinski definition) is 5. The van der Waals surface area contributed by atoms with E-state index in [9.17, 15) is 4.79 Å². The molecule has 4 rings (SSSR count). The van der Waals surface area contributed by atoms with Gasteiger partial charge in [0, 0.05) is 24.7 Å². The number of fused-ring (bicyclic) bond motifs is 2. The molecule has 120 valence electrons. The van der Waals surface area contributed by atoms with Gasteiger partial charge in [0.05, 0.1) is 16.6 Å². The molecule has 0 saturated carbocycles. The van der Waals surface area contributed by atoms with Crippen molar-refractivity contribution in [2.24, 2.45) is 7.05 Å². The van der Waals surface area contributed by atoms with Crippen LogP contribution in [0.5, 0.6) is 11.5 Å². The second-order valence-electron chi connectivity index (χ2n) is 5.40. The third-order valence-corrected chi connectivity index (χ3v) is 3.83. The lowest BCUT2D eigenvalue weighted by Gasteiger charge is -2.07. The lowest BCUT2D eigenvalue weighted by molar-refractivity contribution is 0.0692. The molecular formula is C16H13N5O3. The van der Waals surface area contributed by atoms with E-state index in [-0.39, 0.29) is 5.69 Å². The predicted octanol–water partition coefficient (Wildman–Crippen LogP) is 2.64. The number of carboxylic acid groups (broad SMARTS) is 1. The highest BCUT2D eigenvalue weighted by molar-refractivity contribution is 6.01. The highest BCUT2D eigenvalue weighted by Gasteiger charge is 2.15. The second-order valence-corrected chi connectivity index (χ2v) is 5.40. The van der Waals surface area contributed by atoms with Crippen molar-refractivity contribution >= 4 is 27.9 Å². The first-order valence-electron chi connectivity index (χ1n) is 7.22. The Balaban J connectivity index is 1.78. The molecule has 0 bridgehead atoms. The minimum Gasteiger partial charge on any atom is -0.476 e. The number of nitrogens with one attached hydrogen (secondary N) is 1. The fraction of sp³-hybridized carbons (Fsp3) is 0.125. The average Bonchev–Trinajstić information content (AvgIpc) is 3.09. The first kappa shape index (κ1) is 14.2. The summed E-state index contributed by atoms with van der Waals surface area (Å²) in [5.41, 5.74) is 2.15. The number of nitrogens with zero attached hydrogens (tertiary/aromatic N) is 4. The summed E-state index contributed by atoms with van der Waals surface area (Å²) in [6.07, 6.45) is 1.66. The third-order valence-electron chi connectivity index (χ3n) is 3.83. The minimum absolute atomic E-state index is 0.00837. The Morgan fingerprint density at radius 1 is 1.33 bits per heavy atom. The Morgan fingerprint density at radius 2 is 2.17 bits per heavy atom. The lowest BCUT2D eigenvalue weighted by atomic mass is 10.2. The lowest BCUT2D eigenvalue weighted by Crippen LogP contribution is -1.96. The Labute approximate surface area is 135 Å². The second kappa shape index (κ2) is 5.05. The topological polar surface area (TPSA) is 106 Å². The van der Waals surface area contributed by atoms with E-state index in [1.54, 1.807) is 35.1 Å². The molecule has 8 heteroatoms. The van der Waals surface area contributed by atoms with E-state index in [4.69, 9.17) is 9.84 Å². The highest BCUT2D eigenvalue weighted by atomic mass is 16.5. The van der Waals surface area contributed by atoms with Crippen molar-refractivity contribution in [1.29, 1.82) is 0 Å². The van der Waals surface area contributed by atoms with Crippen molar-refractivity contribution in [3.63, 3.8) is 0 Å². The maximum atomic E-state index is 11.1. The van der Waals surface area contributed by atoms with Crippen molar-refractivity contribution in [2.75, 3.05) is 0 Å². The van der Waals surface area contributed by atoms with Gasteiger partial charge in [0.1, 0.15) is 11.5 Å². The normalized spacial score (nSPS) is 11.2. The molecule has 8 nitrogen and oxygen atoms in total. The zero-order valence-corrected chi connectivity index (χ0v) is 12.9. The van der Waals surface area contributed by atoms with E-state index < -0.39 is 5.97 Å².